The van der Waals surface area contributed by atoms with Crippen LogP contribution in [0.25, 0.3) is 0 Å². The Kier molecular flexibility index (Phi) is 3.56. The average molecular weight is 312 g/mol. The van der Waals surface area contributed by atoms with E-state index in [-0.39, 0.29) is 28.4 Å². The molecule has 0 heterocycles. The van der Waals surface area contributed by atoms with E-state index >= 15 is 0 Å². The lowest BCUT2D eigenvalue weighted by Gasteiger charge is -2.23. The van der Waals surface area contributed by atoms with E-state index in [9.17, 15) is 9.59 Å². The van der Waals surface area contributed by atoms with Gasteiger partial charge in [0.25, 0.3) is 0 Å². The zero-order valence-electron chi connectivity index (χ0n) is 13.4. The quantitative estimate of drug-likeness (QED) is 0.744. The highest BCUT2D eigenvalue weighted by Crippen LogP contribution is 2.44. The second-order valence-electron chi connectivity index (χ2n) is 5.27. The Balaban J connectivity index is 2.40. The molecule has 1 aliphatic carbocycles. The van der Waals surface area contributed by atoms with Gasteiger partial charge >= 0.3 is 0 Å². The number of hydrogen-bond donors (Lipinski definition) is 0. The third kappa shape index (κ3) is 2.08. The first kappa shape index (κ1) is 15.1. The van der Waals surface area contributed by atoms with Crippen LogP contribution in [0.1, 0.15) is 37.4 Å². The summed E-state index contributed by atoms with van der Waals surface area (Å²) in [6.45, 7) is 1.87. The van der Waals surface area contributed by atoms with E-state index in [1.807, 2.05) is 6.92 Å². The topological polar surface area (TPSA) is 61.8 Å². The fraction of sp³-hybridized carbons (Fsp3) is 0.222. The van der Waals surface area contributed by atoms with Crippen molar-refractivity contribution in [2.75, 3.05) is 21.3 Å². The average Bonchev–Trinajstić information content (AvgIpc) is 2.57. The van der Waals surface area contributed by atoms with E-state index in [1.165, 1.54) is 21.3 Å². The molecule has 0 amide bonds. The van der Waals surface area contributed by atoms with Crippen LogP contribution in [0.4, 0.5) is 0 Å². The Morgan fingerprint density at radius 3 is 2.00 bits per heavy atom. The summed E-state index contributed by atoms with van der Waals surface area (Å²) in [6.07, 6.45) is 0. The first-order valence-corrected chi connectivity index (χ1v) is 7.06. The molecule has 0 aliphatic heterocycles. The first-order valence-electron chi connectivity index (χ1n) is 7.06. The Labute approximate surface area is 133 Å². The monoisotopic (exact) mass is 312 g/mol. The maximum absolute atomic E-state index is 12.9. The van der Waals surface area contributed by atoms with Crippen LogP contribution < -0.4 is 14.2 Å². The second-order valence-corrected chi connectivity index (χ2v) is 5.27. The van der Waals surface area contributed by atoms with Gasteiger partial charge in [0, 0.05) is 17.2 Å². The van der Waals surface area contributed by atoms with Gasteiger partial charge in [0.1, 0.15) is 5.75 Å². The highest BCUT2D eigenvalue weighted by molar-refractivity contribution is 6.30. The predicted molar refractivity (Wildman–Crippen MR) is 84.1 cm³/mol. The molecule has 0 saturated carbocycles. The van der Waals surface area contributed by atoms with E-state index in [1.54, 1.807) is 24.3 Å². The predicted octanol–water partition coefficient (Wildman–Crippen LogP) is 2.80. The number of ketones is 2. The van der Waals surface area contributed by atoms with Crippen molar-refractivity contribution in [3.8, 4) is 17.2 Å². The minimum absolute atomic E-state index is 0.185. The molecule has 5 heteroatoms. The first-order chi connectivity index (χ1) is 11.0. The molecule has 3 rings (SSSR count). The lowest BCUT2D eigenvalue weighted by molar-refractivity contribution is 0.0973. The lowest BCUT2D eigenvalue weighted by atomic mass is 9.82. The molecule has 0 spiro atoms. The molecule has 0 atom stereocenters. The van der Waals surface area contributed by atoms with Crippen LogP contribution in [0.15, 0.2) is 24.3 Å². The van der Waals surface area contributed by atoms with Gasteiger partial charge in [0.2, 0.25) is 0 Å². The van der Waals surface area contributed by atoms with Gasteiger partial charge in [-0.2, -0.15) is 0 Å². The summed E-state index contributed by atoms with van der Waals surface area (Å²) in [7, 11) is 4.36. The maximum atomic E-state index is 12.9. The van der Waals surface area contributed by atoms with Gasteiger partial charge in [-0.25, -0.2) is 0 Å². The van der Waals surface area contributed by atoms with Crippen molar-refractivity contribution < 1.29 is 23.8 Å². The summed E-state index contributed by atoms with van der Waals surface area (Å²) in [6, 6.07) is 6.75. The number of methoxy groups -OCH3 is 3. The zero-order chi connectivity index (χ0) is 16.7. The molecule has 2 aromatic rings. The van der Waals surface area contributed by atoms with Crippen LogP contribution in [-0.2, 0) is 0 Å². The van der Waals surface area contributed by atoms with Crippen molar-refractivity contribution >= 4 is 11.6 Å². The SMILES string of the molecule is COc1cc(OC)c2c(c1OC)C(=O)c1ccc(C)cc1C2=O. The third-order valence-corrected chi connectivity index (χ3v) is 3.97. The van der Waals surface area contributed by atoms with Gasteiger partial charge in [-0.1, -0.05) is 17.7 Å². The standard InChI is InChI=1S/C18H16O5/c1-9-5-6-10-11(7-9)17(20)14-12(21-2)8-13(22-3)18(23-4)15(14)16(10)19/h5-8H,1-4H3. The van der Waals surface area contributed by atoms with Crippen molar-refractivity contribution in [2.45, 2.75) is 6.92 Å². The number of benzene rings is 2. The molecule has 0 radical (unpaired) electrons. The highest BCUT2D eigenvalue weighted by atomic mass is 16.5. The number of carbonyl (C=O) groups excluding carboxylic acids is 2. The summed E-state index contributed by atoms with van der Waals surface area (Å²) in [4.78, 5) is 25.9. The van der Waals surface area contributed by atoms with E-state index in [2.05, 4.69) is 0 Å². The van der Waals surface area contributed by atoms with Gasteiger partial charge < -0.3 is 14.2 Å². The molecule has 0 unspecified atom stereocenters. The molecule has 1 aliphatic rings. The molecule has 5 nitrogen and oxygen atoms in total. The summed E-state index contributed by atoms with van der Waals surface area (Å²) < 4.78 is 15.9. The maximum Gasteiger partial charge on any atom is 0.198 e. The minimum atomic E-state index is -0.274. The van der Waals surface area contributed by atoms with Crippen LogP contribution in [0, 0.1) is 6.92 Å². The Bertz CT molecular complexity index is 836. The largest absolute Gasteiger partial charge is 0.496 e. The summed E-state index contributed by atoms with van der Waals surface area (Å²) in [5.74, 6) is 0.357. The zero-order valence-corrected chi connectivity index (χ0v) is 13.4. The second kappa shape index (κ2) is 5.43. The molecular formula is C18H16O5. The summed E-state index contributed by atoms with van der Waals surface area (Å²) in [5.41, 5.74) is 2.06. The molecule has 0 saturated heterocycles. The number of rotatable bonds is 3. The summed E-state index contributed by atoms with van der Waals surface area (Å²) in [5, 5.41) is 0. The third-order valence-electron chi connectivity index (χ3n) is 3.97. The normalized spacial score (nSPS) is 12.5. The molecule has 0 bridgehead atoms. The highest BCUT2D eigenvalue weighted by Gasteiger charge is 2.36. The van der Waals surface area contributed by atoms with E-state index in [4.69, 9.17) is 14.2 Å². The fourth-order valence-electron chi connectivity index (χ4n) is 2.89. The van der Waals surface area contributed by atoms with Gasteiger partial charge in [-0.15, -0.1) is 0 Å². The van der Waals surface area contributed by atoms with Crippen LogP contribution in [0.2, 0.25) is 0 Å². The van der Waals surface area contributed by atoms with Crippen molar-refractivity contribution in [2.24, 2.45) is 0 Å². The van der Waals surface area contributed by atoms with Crippen LogP contribution in [0.5, 0.6) is 17.2 Å². The number of ether oxygens (including phenoxy) is 3. The lowest BCUT2D eigenvalue weighted by Crippen LogP contribution is -2.23. The molecule has 0 fully saturated rings. The van der Waals surface area contributed by atoms with Crippen LogP contribution in [0.3, 0.4) is 0 Å². The van der Waals surface area contributed by atoms with Crippen molar-refractivity contribution in [1.29, 1.82) is 0 Å². The number of fused-ring (bicyclic) bond motifs is 2. The number of hydrogen-bond acceptors (Lipinski definition) is 5. The Hall–Kier alpha value is -2.82. The van der Waals surface area contributed by atoms with Crippen molar-refractivity contribution in [1.82, 2.24) is 0 Å². The van der Waals surface area contributed by atoms with E-state index < -0.39 is 0 Å². The molecular weight excluding hydrogens is 296 g/mol. The molecule has 0 aromatic heterocycles. The molecule has 118 valence electrons. The van der Waals surface area contributed by atoms with Gasteiger partial charge in [0.05, 0.1) is 32.5 Å². The van der Waals surface area contributed by atoms with E-state index in [0.717, 1.165) is 5.56 Å². The summed E-state index contributed by atoms with van der Waals surface area (Å²) >= 11 is 0. The molecule has 2 aromatic carbocycles. The molecule has 23 heavy (non-hydrogen) atoms. The van der Waals surface area contributed by atoms with Crippen LogP contribution >= 0.6 is 0 Å². The van der Waals surface area contributed by atoms with E-state index in [0.29, 0.717) is 22.6 Å². The van der Waals surface area contributed by atoms with Gasteiger partial charge in [-0.3, -0.25) is 9.59 Å². The number of aryl methyl sites for hydroxylation is 1. The van der Waals surface area contributed by atoms with Crippen molar-refractivity contribution in [3.63, 3.8) is 0 Å². The number of carbonyl (C=O) groups is 2. The fourth-order valence-corrected chi connectivity index (χ4v) is 2.89. The van der Waals surface area contributed by atoms with Crippen LogP contribution in [-0.4, -0.2) is 32.9 Å². The smallest absolute Gasteiger partial charge is 0.198 e. The Morgan fingerprint density at radius 2 is 1.39 bits per heavy atom. The van der Waals surface area contributed by atoms with Gasteiger partial charge in [-0.05, 0) is 13.0 Å². The van der Waals surface area contributed by atoms with Gasteiger partial charge in [0.15, 0.2) is 23.1 Å². The Morgan fingerprint density at radius 1 is 0.739 bits per heavy atom. The van der Waals surface area contributed by atoms with Crippen molar-refractivity contribution in [3.05, 3.63) is 52.1 Å². The minimum Gasteiger partial charge on any atom is -0.496 e. The molecule has 0 N–H and O–H groups in total.